The number of fused-ring (bicyclic) bond motifs is 2. The number of hydrogen-bond donors (Lipinski definition) is 0. The monoisotopic (exact) mass is 785 g/mol. The topological polar surface area (TPSA) is 39.7 Å². The molecule has 3 aromatic rings. The predicted octanol–water partition coefficient (Wildman–Crippen LogP) is 9.19. The van der Waals surface area contributed by atoms with Crippen LogP contribution in [0.25, 0.3) is 33.4 Å². The molecule has 308 valence electrons. The van der Waals surface area contributed by atoms with Crippen molar-refractivity contribution in [1.29, 1.82) is 0 Å². The van der Waals surface area contributed by atoms with Gasteiger partial charge in [0, 0.05) is 70.4 Å². The van der Waals surface area contributed by atoms with E-state index in [1.807, 2.05) is 12.1 Å². The minimum Gasteiger partial charge on any atom is -0.456 e. The molecule has 0 aromatic heterocycles. The van der Waals surface area contributed by atoms with Crippen LogP contribution in [0.2, 0.25) is 0 Å². The van der Waals surface area contributed by atoms with Gasteiger partial charge < -0.3 is 23.2 Å². The maximum absolute atomic E-state index is 14.6. The summed E-state index contributed by atoms with van der Waals surface area (Å²) in [5, 5.41) is 2.13. The molecule has 3 unspecified atom stereocenters. The summed E-state index contributed by atoms with van der Waals surface area (Å²) in [6.07, 6.45) is 3.91. The average molecular weight is 785 g/mol. The minimum atomic E-state index is 0.106. The van der Waals surface area contributed by atoms with Gasteiger partial charge in [-0.3, -0.25) is 4.79 Å². The van der Waals surface area contributed by atoms with Crippen LogP contribution in [0.5, 0.6) is 0 Å². The summed E-state index contributed by atoms with van der Waals surface area (Å²) in [5.41, 5.74) is 8.60. The van der Waals surface area contributed by atoms with Crippen molar-refractivity contribution in [3.63, 3.8) is 0 Å². The van der Waals surface area contributed by atoms with Crippen LogP contribution in [0.1, 0.15) is 81.3 Å². The maximum Gasteiger partial charge on any atom is 0.254 e. The highest BCUT2D eigenvalue weighted by Gasteiger charge is 2.39. The van der Waals surface area contributed by atoms with Crippen molar-refractivity contribution in [3.05, 3.63) is 107 Å². The molecule has 4 aliphatic rings. The fourth-order valence-corrected chi connectivity index (χ4v) is 10.2. The number of anilines is 1. The van der Waals surface area contributed by atoms with Gasteiger partial charge in [-0.05, 0) is 81.3 Å². The molecule has 1 amide bonds. The molecule has 0 N–H and O–H groups in total. The summed E-state index contributed by atoms with van der Waals surface area (Å²) < 4.78 is 11.1. The van der Waals surface area contributed by atoms with Gasteiger partial charge >= 0.3 is 0 Å². The molecule has 7 rings (SSSR count). The van der Waals surface area contributed by atoms with Gasteiger partial charge in [0.1, 0.15) is 31.5 Å². The molecule has 0 saturated carbocycles. The van der Waals surface area contributed by atoms with Crippen LogP contribution in [-0.4, -0.2) is 107 Å². The Bertz CT molecular complexity index is 2240. The number of nitrogens with zero attached hydrogens (tertiary/aromatic N) is 5. The molecule has 3 aromatic carbocycles. The summed E-state index contributed by atoms with van der Waals surface area (Å²) in [6.45, 7) is 21.0. The first-order chi connectivity index (χ1) is 27.9. The van der Waals surface area contributed by atoms with Gasteiger partial charge in [-0.15, -0.1) is 0 Å². The fraction of sp³-hybridized carbons (Fsp3) is 0.490. The second-order valence-corrected chi connectivity index (χ2v) is 18.5. The van der Waals surface area contributed by atoms with Crippen LogP contribution in [0.3, 0.4) is 0 Å². The molecule has 3 heterocycles. The molecule has 0 bridgehead atoms. The number of hydrogen-bond acceptors (Lipinski definition) is 3. The van der Waals surface area contributed by atoms with Crippen molar-refractivity contribution in [2.45, 2.75) is 66.3 Å². The Balaban J connectivity index is 1.08. The van der Waals surface area contributed by atoms with Crippen molar-refractivity contribution < 1.29 is 18.2 Å². The van der Waals surface area contributed by atoms with Crippen molar-refractivity contribution in [3.8, 4) is 22.5 Å². The molecule has 1 aliphatic carbocycles. The van der Waals surface area contributed by atoms with Gasteiger partial charge in [0.2, 0.25) is 5.36 Å². The van der Waals surface area contributed by atoms with E-state index in [1.165, 1.54) is 48.0 Å². The summed E-state index contributed by atoms with van der Waals surface area (Å²) in [6, 6.07) is 30.7. The van der Waals surface area contributed by atoms with Gasteiger partial charge in [0.25, 0.3) is 5.91 Å². The summed E-state index contributed by atoms with van der Waals surface area (Å²) in [4.78, 5) is 19.1. The standard InChI is InChI=1S/C51H70N5O2/c1-10-39-35-55(7,8)36-41(39)21-18-37(5)40-22-19-38(20-23-40)34-56(9)30-28-54(29-31-56)51(57)45-17-15-14-16-44(45)50-46-26-24-42(52(6)11-2)32-48(46)58-49-33-43(25-27-47(49)50)53(12-3)13-4/h14-17,19-20,22-27,32-33,37,39,41H,10-13,18,21,28-31,34-36H2,1-9H3/q+3. The smallest absolute Gasteiger partial charge is 0.254 e. The first kappa shape index (κ1) is 41.7. The summed E-state index contributed by atoms with van der Waals surface area (Å²) >= 11 is 0. The molecular weight excluding hydrogens is 715 g/mol. The number of piperazine rings is 1. The van der Waals surface area contributed by atoms with Gasteiger partial charge in [0.15, 0.2) is 0 Å². The van der Waals surface area contributed by atoms with Crippen LogP contribution < -0.4 is 14.8 Å². The average Bonchev–Trinajstić information content (AvgIpc) is 3.55. The molecule has 2 saturated heterocycles. The molecule has 2 fully saturated rings. The Morgan fingerprint density at radius 2 is 1.57 bits per heavy atom. The zero-order valence-corrected chi connectivity index (χ0v) is 37.1. The van der Waals surface area contributed by atoms with Crippen LogP contribution >= 0.6 is 0 Å². The zero-order valence-electron chi connectivity index (χ0n) is 37.1. The van der Waals surface area contributed by atoms with Crippen molar-refractivity contribution in [1.82, 2.24) is 9.48 Å². The van der Waals surface area contributed by atoms with Crippen molar-refractivity contribution >= 4 is 22.6 Å². The van der Waals surface area contributed by atoms with E-state index in [0.717, 1.165) is 119 Å². The fourth-order valence-electron chi connectivity index (χ4n) is 10.2. The van der Waals surface area contributed by atoms with Crippen molar-refractivity contribution in [2.75, 3.05) is 92.0 Å². The van der Waals surface area contributed by atoms with Crippen LogP contribution in [0.15, 0.2) is 89.3 Å². The first-order valence-corrected chi connectivity index (χ1v) is 22.3. The number of amides is 1. The Hall–Kier alpha value is -4.46. The molecular formula is C51H70N5O2+3. The van der Waals surface area contributed by atoms with E-state index in [1.54, 1.807) is 0 Å². The van der Waals surface area contributed by atoms with E-state index in [0.29, 0.717) is 5.92 Å². The number of likely N-dealkylation sites (N-methyl/N-ethyl adjacent to an activating group) is 1. The number of rotatable bonds is 13. The number of benzene rings is 4. The third-order valence-electron chi connectivity index (χ3n) is 14.0. The van der Waals surface area contributed by atoms with E-state index in [4.69, 9.17) is 4.42 Å². The lowest BCUT2D eigenvalue weighted by atomic mass is 9.85. The van der Waals surface area contributed by atoms with Crippen LogP contribution in [0.4, 0.5) is 5.69 Å². The second-order valence-electron chi connectivity index (χ2n) is 18.5. The highest BCUT2D eigenvalue weighted by molar-refractivity contribution is 6.09. The highest BCUT2D eigenvalue weighted by Crippen LogP contribution is 2.42. The van der Waals surface area contributed by atoms with Gasteiger partial charge in [-0.25, -0.2) is 4.58 Å². The lowest BCUT2D eigenvalue weighted by Crippen LogP contribution is -2.57. The van der Waals surface area contributed by atoms with Gasteiger partial charge in [0.05, 0.1) is 66.5 Å². The third-order valence-corrected chi connectivity index (χ3v) is 14.0. The molecule has 0 spiro atoms. The summed E-state index contributed by atoms with van der Waals surface area (Å²) in [5.74, 6) is 3.23. The van der Waals surface area contributed by atoms with E-state index >= 15 is 0 Å². The Morgan fingerprint density at radius 3 is 2.26 bits per heavy atom. The van der Waals surface area contributed by atoms with Crippen molar-refractivity contribution in [2.24, 2.45) is 11.8 Å². The molecule has 3 aliphatic heterocycles. The van der Waals surface area contributed by atoms with E-state index in [2.05, 4.69) is 150 Å². The lowest BCUT2D eigenvalue weighted by Gasteiger charge is -2.42. The third kappa shape index (κ3) is 8.77. The molecule has 7 heteroatoms. The first-order valence-electron chi connectivity index (χ1n) is 22.3. The maximum atomic E-state index is 14.6. The SMILES string of the molecule is CCC1C[N+](C)(C)CC1CCC(C)c1ccc(C[N+]2(C)CCN(C(=O)c3ccccc3-c3c4ccc(=[N+](C)CC)cc-4oc4cc(N(CC)CC)ccc34)CC2)cc1. The summed E-state index contributed by atoms with van der Waals surface area (Å²) in [7, 11) is 9.27. The van der Waals surface area contributed by atoms with Crippen LogP contribution in [-0.2, 0) is 6.54 Å². The molecule has 58 heavy (non-hydrogen) atoms. The van der Waals surface area contributed by atoms with E-state index < -0.39 is 0 Å². The highest BCUT2D eigenvalue weighted by atomic mass is 16.3. The number of carbonyl (C=O) groups excluding carboxylic acids is 1. The van der Waals surface area contributed by atoms with Crippen LogP contribution in [0, 0.1) is 11.8 Å². The van der Waals surface area contributed by atoms with Gasteiger partial charge in [-0.1, -0.05) is 56.3 Å². The number of likely N-dealkylation sites (tertiary alicyclic amines) is 1. The second kappa shape index (κ2) is 17.4. The van der Waals surface area contributed by atoms with E-state index in [-0.39, 0.29) is 5.91 Å². The Morgan fingerprint density at radius 1 is 0.862 bits per heavy atom. The van der Waals surface area contributed by atoms with E-state index in [9.17, 15) is 4.79 Å². The largest absolute Gasteiger partial charge is 0.456 e. The normalized spacial score (nSPS) is 20.1. The van der Waals surface area contributed by atoms with Gasteiger partial charge in [-0.2, -0.15) is 0 Å². The lowest BCUT2D eigenvalue weighted by molar-refractivity contribution is -0.926. The Kier molecular flexibility index (Phi) is 12.5. The quantitative estimate of drug-likeness (QED) is 0.0680. The molecule has 7 nitrogen and oxygen atoms in total. The molecule has 0 radical (unpaired) electrons. The zero-order chi connectivity index (χ0) is 41.2. The minimum absolute atomic E-state index is 0.106. The number of carbonyl (C=O) groups is 1. The molecule has 3 atom stereocenters. The number of quaternary nitrogens is 2. The Labute approximate surface area is 348 Å². The predicted molar refractivity (Wildman–Crippen MR) is 242 cm³/mol.